The lowest BCUT2D eigenvalue weighted by atomic mass is 9.97. The molecular weight excluding hydrogens is 270 g/mol. The van der Waals surface area contributed by atoms with Crippen LogP contribution in [0.5, 0.6) is 0 Å². The largest absolute Gasteiger partial charge is 0.336 e. The first kappa shape index (κ1) is 16.3. The minimum Gasteiger partial charge on any atom is -0.336 e. The molecular formula is C20H25NO. The van der Waals surface area contributed by atoms with Crippen molar-refractivity contribution in [3.63, 3.8) is 0 Å². The molecule has 1 unspecified atom stereocenters. The van der Waals surface area contributed by atoms with E-state index in [0.717, 1.165) is 0 Å². The number of hydrogen-bond acceptors (Lipinski definition) is 1. The average Bonchev–Trinajstić information content (AvgIpc) is 2.54. The third-order valence-electron chi connectivity index (χ3n) is 3.99. The smallest absolute Gasteiger partial charge is 0.223 e. The van der Waals surface area contributed by atoms with Gasteiger partial charge in [0.05, 0.1) is 0 Å². The van der Waals surface area contributed by atoms with E-state index in [-0.39, 0.29) is 17.9 Å². The molecule has 116 valence electrons. The minimum atomic E-state index is 0.204. The highest BCUT2D eigenvalue weighted by Crippen LogP contribution is 2.21. The van der Waals surface area contributed by atoms with Crippen LogP contribution in [0, 0.1) is 0 Å². The second kappa shape index (κ2) is 7.79. The zero-order valence-electron chi connectivity index (χ0n) is 13.7. The van der Waals surface area contributed by atoms with E-state index in [2.05, 4.69) is 45.0 Å². The lowest BCUT2D eigenvalue weighted by molar-refractivity contribution is -0.133. The minimum absolute atomic E-state index is 0.204. The van der Waals surface area contributed by atoms with Crippen molar-refractivity contribution in [1.82, 2.24) is 4.90 Å². The Morgan fingerprint density at radius 1 is 0.909 bits per heavy atom. The zero-order valence-corrected chi connectivity index (χ0v) is 13.7. The van der Waals surface area contributed by atoms with Gasteiger partial charge in [0, 0.05) is 19.0 Å². The first-order valence-corrected chi connectivity index (χ1v) is 7.96. The molecule has 1 amide bonds. The fourth-order valence-electron chi connectivity index (χ4n) is 2.62. The summed E-state index contributed by atoms with van der Waals surface area (Å²) in [6, 6.07) is 20.6. The molecule has 22 heavy (non-hydrogen) atoms. The number of rotatable bonds is 6. The number of hydrogen-bond donors (Lipinski definition) is 0. The van der Waals surface area contributed by atoms with Gasteiger partial charge in [0.2, 0.25) is 5.91 Å². The fourth-order valence-corrected chi connectivity index (χ4v) is 2.62. The highest BCUT2D eigenvalue weighted by atomic mass is 16.2. The highest BCUT2D eigenvalue weighted by Gasteiger charge is 2.20. The number of benzene rings is 2. The molecule has 0 bridgehead atoms. The molecule has 0 saturated heterocycles. The third-order valence-corrected chi connectivity index (χ3v) is 3.99. The lowest BCUT2D eigenvalue weighted by Gasteiger charge is -2.28. The predicted octanol–water partition coefficient (Wildman–Crippen LogP) is 4.62. The van der Waals surface area contributed by atoms with Crippen LogP contribution in [0.25, 0.3) is 0 Å². The molecule has 0 spiro atoms. The van der Waals surface area contributed by atoms with Crippen LogP contribution in [0.15, 0.2) is 60.7 Å². The summed E-state index contributed by atoms with van der Waals surface area (Å²) in [7, 11) is 0. The van der Waals surface area contributed by atoms with Crippen molar-refractivity contribution < 1.29 is 4.79 Å². The van der Waals surface area contributed by atoms with Crippen LogP contribution in [-0.2, 0) is 11.3 Å². The second-order valence-corrected chi connectivity index (χ2v) is 6.12. The zero-order chi connectivity index (χ0) is 15.9. The summed E-state index contributed by atoms with van der Waals surface area (Å²) in [6.45, 7) is 6.95. The van der Waals surface area contributed by atoms with Crippen LogP contribution < -0.4 is 0 Å². The molecule has 2 aromatic rings. The second-order valence-electron chi connectivity index (χ2n) is 6.12. The summed E-state index contributed by atoms with van der Waals surface area (Å²) < 4.78 is 0. The van der Waals surface area contributed by atoms with Crippen LogP contribution in [0.3, 0.4) is 0 Å². The van der Waals surface area contributed by atoms with E-state index >= 15 is 0 Å². The molecule has 0 aliphatic carbocycles. The maximum Gasteiger partial charge on any atom is 0.223 e. The molecule has 0 aromatic heterocycles. The molecule has 1 atom stereocenters. The summed E-state index contributed by atoms with van der Waals surface area (Å²) in [5.74, 6) is 0.459. The van der Waals surface area contributed by atoms with Crippen LogP contribution in [0.4, 0.5) is 0 Å². The van der Waals surface area contributed by atoms with Gasteiger partial charge in [0.15, 0.2) is 0 Å². The van der Waals surface area contributed by atoms with Gasteiger partial charge in [-0.15, -0.1) is 0 Å². The Morgan fingerprint density at radius 3 is 2.00 bits per heavy atom. The summed E-state index contributed by atoms with van der Waals surface area (Å²) in [4.78, 5) is 14.7. The van der Waals surface area contributed by atoms with E-state index in [1.54, 1.807) is 0 Å². The molecule has 2 rings (SSSR count). The van der Waals surface area contributed by atoms with Crippen LogP contribution in [0.2, 0.25) is 0 Å². The van der Waals surface area contributed by atoms with Gasteiger partial charge in [0.1, 0.15) is 0 Å². The van der Waals surface area contributed by atoms with Crippen molar-refractivity contribution in [1.29, 1.82) is 0 Å². The van der Waals surface area contributed by atoms with Crippen molar-refractivity contribution in [3.05, 3.63) is 71.8 Å². The van der Waals surface area contributed by atoms with Crippen LogP contribution in [0.1, 0.15) is 44.2 Å². The van der Waals surface area contributed by atoms with Crippen molar-refractivity contribution >= 4 is 5.91 Å². The summed E-state index contributed by atoms with van der Waals surface area (Å²) in [6.07, 6.45) is 0.551. The number of carbonyl (C=O) groups excluding carboxylic acids is 1. The van der Waals surface area contributed by atoms with Gasteiger partial charge in [-0.25, -0.2) is 0 Å². The van der Waals surface area contributed by atoms with Gasteiger partial charge in [-0.3, -0.25) is 4.79 Å². The van der Waals surface area contributed by atoms with Gasteiger partial charge < -0.3 is 4.90 Å². The van der Waals surface area contributed by atoms with Crippen molar-refractivity contribution in [2.45, 2.75) is 45.7 Å². The van der Waals surface area contributed by atoms with E-state index in [1.165, 1.54) is 11.1 Å². The molecule has 0 aliphatic rings. The summed E-state index contributed by atoms with van der Waals surface area (Å²) >= 11 is 0. The van der Waals surface area contributed by atoms with E-state index in [9.17, 15) is 4.79 Å². The number of amides is 1. The molecule has 0 heterocycles. The Kier molecular flexibility index (Phi) is 5.76. The maximum atomic E-state index is 12.7. The van der Waals surface area contributed by atoms with Crippen molar-refractivity contribution in [3.8, 4) is 0 Å². The average molecular weight is 295 g/mol. The van der Waals surface area contributed by atoms with E-state index in [0.29, 0.717) is 13.0 Å². The standard InChI is InChI=1S/C20H25NO/c1-16(2)21(15-18-10-6-4-7-11-18)20(22)14-17(3)19-12-8-5-9-13-19/h4-13,16-17H,14-15H2,1-3H3. The number of carbonyl (C=O) groups is 1. The third kappa shape index (κ3) is 4.45. The molecule has 0 fully saturated rings. The molecule has 0 saturated carbocycles. The van der Waals surface area contributed by atoms with Gasteiger partial charge in [-0.1, -0.05) is 67.6 Å². The first-order chi connectivity index (χ1) is 10.6. The van der Waals surface area contributed by atoms with E-state index in [4.69, 9.17) is 0 Å². The van der Waals surface area contributed by atoms with Crippen molar-refractivity contribution in [2.24, 2.45) is 0 Å². The first-order valence-electron chi connectivity index (χ1n) is 7.96. The highest BCUT2D eigenvalue weighted by molar-refractivity contribution is 5.77. The maximum absolute atomic E-state index is 12.7. The van der Waals surface area contributed by atoms with Gasteiger partial charge in [0.25, 0.3) is 0 Å². The van der Waals surface area contributed by atoms with E-state index < -0.39 is 0 Å². The Hall–Kier alpha value is -2.09. The topological polar surface area (TPSA) is 20.3 Å². The molecule has 2 heteroatoms. The molecule has 0 aliphatic heterocycles. The Morgan fingerprint density at radius 2 is 1.45 bits per heavy atom. The lowest BCUT2D eigenvalue weighted by Crippen LogP contribution is -2.36. The van der Waals surface area contributed by atoms with Gasteiger partial charge in [-0.05, 0) is 30.9 Å². The number of nitrogens with zero attached hydrogens (tertiary/aromatic N) is 1. The summed E-state index contributed by atoms with van der Waals surface area (Å²) in [5, 5.41) is 0. The molecule has 2 aromatic carbocycles. The molecule has 0 N–H and O–H groups in total. The van der Waals surface area contributed by atoms with Crippen molar-refractivity contribution in [2.75, 3.05) is 0 Å². The van der Waals surface area contributed by atoms with Crippen LogP contribution in [-0.4, -0.2) is 16.8 Å². The summed E-state index contributed by atoms with van der Waals surface area (Å²) in [5.41, 5.74) is 2.40. The SMILES string of the molecule is CC(CC(=O)N(Cc1ccccc1)C(C)C)c1ccccc1. The van der Waals surface area contributed by atoms with Gasteiger partial charge >= 0.3 is 0 Å². The normalized spacial score (nSPS) is 12.2. The van der Waals surface area contributed by atoms with E-state index in [1.807, 2.05) is 41.3 Å². The fraction of sp³-hybridized carbons (Fsp3) is 0.350. The molecule has 2 nitrogen and oxygen atoms in total. The Bertz CT molecular complexity index is 577. The quantitative estimate of drug-likeness (QED) is 0.761. The monoisotopic (exact) mass is 295 g/mol. The molecule has 0 radical (unpaired) electrons. The van der Waals surface area contributed by atoms with Gasteiger partial charge in [-0.2, -0.15) is 0 Å². The Balaban J connectivity index is 2.04. The van der Waals surface area contributed by atoms with Crippen LogP contribution >= 0.6 is 0 Å². The predicted molar refractivity (Wildman–Crippen MR) is 91.6 cm³/mol. The Labute approximate surface area is 133 Å².